The van der Waals surface area contributed by atoms with Crippen LogP contribution in [-0.2, 0) is 13.1 Å². The molecule has 0 saturated heterocycles. The van der Waals surface area contributed by atoms with Crippen molar-refractivity contribution in [2.45, 2.75) is 20.0 Å². The maximum absolute atomic E-state index is 13.2. The monoisotopic (exact) mass is 394 g/mol. The van der Waals surface area contributed by atoms with E-state index in [4.69, 9.17) is 0 Å². The summed E-state index contributed by atoms with van der Waals surface area (Å²) in [5.74, 6) is 0.381. The molecule has 0 aliphatic rings. The van der Waals surface area contributed by atoms with E-state index in [1.165, 1.54) is 39.5 Å². The molecule has 0 amide bonds. The third kappa shape index (κ3) is 3.88. The van der Waals surface area contributed by atoms with E-state index < -0.39 is 0 Å². The van der Waals surface area contributed by atoms with Crippen LogP contribution in [-0.4, -0.2) is 17.0 Å². The molecule has 28 heavy (non-hydrogen) atoms. The molecule has 1 unspecified atom stereocenters. The molecule has 0 spiro atoms. The fraction of sp³-hybridized carbons (Fsp3) is 0.182. The number of rotatable bonds is 5. The van der Waals surface area contributed by atoms with Gasteiger partial charge in [0.05, 0.1) is 12.4 Å². The molecule has 1 atom stereocenters. The molecule has 6 heteroatoms. The van der Waals surface area contributed by atoms with Crippen LogP contribution >= 0.6 is 11.3 Å². The van der Waals surface area contributed by atoms with E-state index in [0.29, 0.717) is 22.6 Å². The van der Waals surface area contributed by atoms with Crippen LogP contribution < -0.4 is 10.5 Å². The minimum absolute atomic E-state index is 0.149. The van der Waals surface area contributed by atoms with Crippen molar-refractivity contribution in [3.63, 3.8) is 0 Å². The molecule has 2 N–H and O–H groups in total. The Morgan fingerprint density at radius 2 is 1.79 bits per heavy atom. The Labute approximate surface area is 166 Å². The number of nitrogens with one attached hydrogen (secondary N) is 2. The Balaban J connectivity index is 1.58. The quantitative estimate of drug-likeness (QED) is 0.546. The summed E-state index contributed by atoms with van der Waals surface area (Å²) in [5, 5.41) is 2.48. The van der Waals surface area contributed by atoms with Crippen LogP contribution in [0.2, 0.25) is 0 Å². The molecule has 0 bridgehead atoms. The Morgan fingerprint density at radius 3 is 2.50 bits per heavy atom. The number of hydrogen-bond donors (Lipinski definition) is 2. The predicted octanol–water partition coefficient (Wildman–Crippen LogP) is 3.31. The fourth-order valence-corrected chi connectivity index (χ4v) is 4.29. The van der Waals surface area contributed by atoms with Crippen molar-refractivity contribution >= 4 is 21.6 Å². The van der Waals surface area contributed by atoms with Crippen LogP contribution in [0.3, 0.4) is 0 Å². The van der Waals surface area contributed by atoms with E-state index in [9.17, 15) is 9.18 Å². The molecule has 4 aromatic rings. The number of aromatic amines is 1. The van der Waals surface area contributed by atoms with Gasteiger partial charge >= 0.3 is 0 Å². The third-order valence-electron chi connectivity index (χ3n) is 4.74. The lowest BCUT2D eigenvalue weighted by atomic mass is 10.1. The first-order valence-electron chi connectivity index (χ1n) is 9.13. The van der Waals surface area contributed by atoms with E-state index in [1.54, 1.807) is 12.1 Å². The molecular formula is C22H21FN3OS+. The van der Waals surface area contributed by atoms with Gasteiger partial charge in [0.2, 0.25) is 0 Å². The summed E-state index contributed by atoms with van der Waals surface area (Å²) in [6.07, 6.45) is 0. The van der Waals surface area contributed by atoms with E-state index in [2.05, 4.69) is 48.2 Å². The zero-order chi connectivity index (χ0) is 19.7. The standard InChI is InChI=1S/C22H20FN3OS/c1-14-3-5-15(6-4-14)11-26(2)12-19-24-21(27)20-18(13-28-22(20)25-19)16-7-9-17(23)10-8-16/h3-10,13H,11-12H2,1-2H3,(H,24,25,27)/p+1. The van der Waals surface area contributed by atoms with Gasteiger partial charge in [-0.25, -0.2) is 9.37 Å². The number of H-pyrrole nitrogens is 1. The van der Waals surface area contributed by atoms with Crippen molar-refractivity contribution in [1.82, 2.24) is 9.97 Å². The fourth-order valence-electron chi connectivity index (χ4n) is 3.32. The first kappa shape index (κ1) is 18.5. The number of quaternary nitrogens is 1. The normalized spacial score (nSPS) is 12.4. The Hall–Kier alpha value is -2.83. The lowest BCUT2D eigenvalue weighted by Gasteiger charge is -2.13. The highest BCUT2D eigenvalue weighted by atomic mass is 32.1. The average Bonchev–Trinajstić information content (AvgIpc) is 3.09. The largest absolute Gasteiger partial charge is 0.327 e. The highest BCUT2D eigenvalue weighted by Gasteiger charge is 2.15. The number of fused-ring (bicyclic) bond motifs is 1. The Kier molecular flexibility index (Phi) is 5.07. The number of halogens is 1. The van der Waals surface area contributed by atoms with Crippen LogP contribution in [0.5, 0.6) is 0 Å². The molecular weight excluding hydrogens is 373 g/mol. The molecule has 0 radical (unpaired) electrons. The van der Waals surface area contributed by atoms with Gasteiger partial charge in [0.25, 0.3) is 5.56 Å². The van der Waals surface area contributed by atoms with Crippen LogP contribution in [0, 0.1) is 12.7 Å². The Morgan fingerprint density at radius 1 is 1.07 bits per heavy atom. The van der Waals surface area contributed by atoms with Crippen molar-refractivity contribution < 1.29 is 9.29 Å². The summed E-state index contributed by atoms with van der Waals surface area (Å²) < 4.78 is 13.2. The van der Waals surface area contributed by atoms with E-state index in [-0.39, 0.29) is 11.4 Å². The zero-order valence-corrected chi connectivity index (χ0v) is 16.6. The molecule has 2 heterocycles. The molecule has 0 fully saturated rings. The second-order valence-corrected chi connectivity index (χ2v) is 8.00. The van der Waals surface area contributed by atoms with Crippen molar-refractivity contribution in [2.24, 2.45) is 0 Å². The van der Waals surface area contributed by atoms with Gasteiger partial charge in [0, 0.05) is 16.5 Å². The second kappa shape index (κ2) is 7.66. The SMILES string of the molecule is Cc1ccc(C[NH+](C)Cc2nc3scc(-c4ccc(F)cc4)c3c(=O)[nH]2)cc1. The van der Waals surface area contributed by atoms with E-state index in [1.807, 2.05) is 5.38 Å². The number of benzene rings is 2. The highest BCUT2D eigenvalue weighted by molar-refractivity contribution is 7.17. The molecule has 0 saturated carbocycles. The van der Waals surface area contributed by atoms with E-state index >= 15 is 0 Å². The summed E-state index contributed by atoms with van der Waals surface area (Å²) in [6.45, 7) is 3.56. The molecule has 0 aliphatic carbocycles. The molecule has 4 rings (SSSR count). The van der Waals surface area contributed by atoms with Crippen LogP contribution in [0.1, 0.15) is 17.0 Å². The summed E-state index contributed by atoms with van der Waals surface area (Å²) in [5.41, 5.74) is 3.95. The summed E-state index contributed by atoms with van der Waals surface area (Å²) in [6, 6.07) is 14.7. The van der Waals surface area contributed by atoms with Crippen molar-refractivity contribution in [2.75, 3.05) is 7.05 Å². The Bertz CT molecular complexity index is 1160. The summed E-state index contributed by atoms with van der Waals surface area (Å²) in [4.78, 5) is 22.3. The number of aromatic nitrogens is 2. The van der Waals surface area contributed by atoms with Crippen LogP contribution in [0.25, 0.3) is 21.3 Å². The maximum Gasteiger partial charge on any atom is 0.260 e. The van der Waals surface area contributed by atoms with Gasteiger partial charge < -0.3 is 9.88 Å². The molecule has 4 nitrogen and oxygen atoms in total. The third-order valence-corrected chi connectivity index (χ3v) is 5.62. The summed E-state index contributed by atoms with van der Waals surface area (Å²) in [7, 11) is 2.09. The number of hydrogen-bond acceptors (Lipinski definition) is 3. The lowest BCUT2D eigenvalue weighted by molar-refractivity contribution is -0.908. The summed E-state index contributed by atoms with van der Waals surface area (Å²) >= 11 is 1.44. The number of aryl methyl sites for hydroxylation is 1. The van der Waals surface area contributed by atoms with Gasteiger partial charge in [0.1, 0.15) is 23.7 Å². The van der Waals surface area contributed by atoms with Crippen LogP contribution in [0.4, 0.5) is 4.39 Å². The zero-order valence-electron chi connectivity index (χ0n) is 15.8. The van der Waals surface area contributed by atoms with E-state index in [0.717, 1.165) is 17.7 Å². The number of nitrogens with zero attached hydrogens (tertiary/aromatic N) is 1. The molecule has 2 aromatic carbocycles. The van der Waals surface area contributed by atoms with Gasteiger partial charge in [-0.3, -0.25) is 4.79 Å². The van der Waals surface area contributed by atoms with Gasteiger partial charge in [-0.15, -0.1) is 11.3 Å². The minimum Gasteiger partial charge on any atom is -0.327 e. The van der Waals surface area contributed by atoms with Gasteiger partial charge in [-0.1, -0.05) is 42.0 Å². The smallest absolute Gasteiger partial charge is 0.260 e. The van der Waals surface area contributed by atoms with Crippen molar-refractivity contribution in [3.8, 4) is 11.1 Å². The molecule has 0 aliphatic heterocycles. The first-order valence-corrected chi connectivity index (χ1v) is 10.0. The topological polar surface area (TPSA) is 50.2 Å². The number of thiophene rings is 1. The first-order chi connectivity index (χ1) is 13.5. The maximum atomic E-state index is 13.2. The van der Waals surface area contributed by atoms with Crippen molar-refractivity contribution in [1.29, 1.82) is 0 Å². The van der Waals surface area contributed by atoms with Gasteiger partial charge in [-0.2, -0.15) is 0 Å². The van der Waals surface area contributed by atoms with Gasteiger partial charge in [-0.05, 0) is 24.6 Å². The average molecular weight is 394 g/mol. The lowest BCUT2D eigenvalue weighted by Crippen LogP contribution is -3.06. The minimum atomic E-state index is -0.294. The second-order valence-electron chi connectivity index (χ2n) is 7.15. The molecule has 142 valence electrons. The highest BCUT2D eigenvalue weighted by Crippen LogP contribution is 2.30. The molecule has 2 aromatic heterocycles. The van der Waals surface area contributed by atoms with Crippen LogP contribution in [0.15, 0.2) is 58.7 Å². The van der Waals surface area contributed by atoms with Crippen molar-refractivity contribution in [3.05, 3.63) is 87.0 Å². The van der Waals surface area contributed by atoms with Gasteiger partial charge in [0.15, 0.2) is 5.82 Å². The predicted molar refractivity (Wildman–Crippen MR) is 111 cm³/mol.